The summed E-state index contributed by atoms with van der Waals surface area (Å²) in [6, 6.07) is 95.5. The summed E-state index contributed by atoms with van der Waals surface area (Å²) in [6.07, 6.45) is 0. The molecule has 0 fully saturated rings. The average Bonchev–Trinajstić information content (AvgIpc) is 4.02. The SMILES string of the molecule is c1ccc(-c2cccc(N(c3cccc(-c4ccccc4N(c4ccc(-c5ccc6ccccc6c5)cc4)c4ccc5c(c4)oc4ccc6ccccc6c45)c3)c3ccc4c(c3)oc3ccccc34)c2)cc1. The van der Waals surface area contributed by atoms with E-state index in [1.54, 1.807) is 0 Å². The molecule has 0 saturated heterocycles. The molecule has 0 aliphatic rings. The Morgan fingerprint density at radius 3 is 1.60 bits per heavy atom. The second-order valence-corrected chi connectivity index (χ2v) is 18.5. The molecule has 4 heteroatoms. The number of nitrogens with zero attached hydrogens (tertiary/aromatic N) is 2. The highest BCUT2D eigenvalue weighted by Crippen LogP contribution is 2.46. The molecule has 12 aromatic carbocycles. The Morgan fingerprint density at radius 1 is 0.236 bits per heavy atom. The van der Waals surface area contributed by atoms with E-state index in [4.69, 9.17) is 8.83 Å². The van der Waals surface area contributed by atoms with Crippen LogP contribution in [0, 0.1) is 0 Å². The van der Waals surface area contributed by atoms with Crippen molar-refractivity contribution in [2.75, 3.05) is 9.80 Å². The van der Waals surface area contributed by atoms with Crippen molar-refractivity contribution >= 4 is 99.5 Å². The van der Waals surface area contributed by atoms with E-state index in [9.17, 15) is 0 Å². The van der Waals surface area contributed by atoms with Gasteiger partial charge in [-0.3, -0.25) is 0 Å². The van der Waals surface area contributed by atoms with E-state index < -0.39 is 0 Å². The molecule has 14 aromatic rings. The molecule has 0 amide bonds. The zero-order valence-electron chi connectivity index (χ0n) is 39.1. The Morgan fingerprint density at radius 2 is 0.764 bits per heavy atom. The molecule has 4 nitrogen and oxygen atoms in total. The van der Waals surface area contributed by atoms with Crippen molar-refractivity contribution in [3.8, 4) is 33.4 Å². The standard InChI is InChI=1S/C68H44N2O2/c1-2-14-45(15-3-1)50-19-12-21-54(41-50)69(56-35-37-61-60-25-9-11-27-64(60)71-66(61)43-56)55-22-13-20-52(42-55)58-23-8-10-26-63(58)70(53-33-30-47(31-34-53)51-29-28-46-16-4-5-18-49(46)40-51)57-36-38-62-67(44-57)72-65-39-32-48-17-6-7-24-59(48)68(62)65/h1-44H. The van der Waals surface area contributed by atoms with Crippen LogP contribution in [0.1, 0.15) is 0 Å². The lowest BCUT2D eigenvalue weighted by Crippen LogP contribution is -2.12. The van der Waals surface area contributed by atoms with Gasteiger partial charge in [0, 0.05) is 67.7 Å². The summed E-state index contributed by atoms with van der Waals surface area (Å²) in [6.45, 7) is 0. The van der Waals surface area contributed by atoms with E-state index in [0.29, 0.717) is 0 Å². The summed E-state index contributed by atoms with van der Waals surface area (Å²) < 4.78 is 13.2. The predicted octanol–water partition coefficient (Wildman–Crippen LogP) is 19.7. The van der Waals surface area contributed by atoms with Crippen LogP contribution < -0.4 is 9.80 Å². The molecule has 2 heterocycles. The Labute approximate surface area is 416 Å². The number of benzene rings is 12. The molecule has 0 bridgehead atoms. The van der Waals surface area contributed by atoms with E-state index in [-0.39, 0.29) is 0 Å². The molecular weight excluding hydrogens is 877 g/mol. The smallest absolute Gasteiger partial charge is 0.137 e. The van der Waals surface area contributed by atoms with Crippen molar-refractivity contribution in [3.05, 3.63) is 267 Å². The van der Waals surface area contributed by atoms with Gasteiger partial charge in [0.25, 0.3) is 0 Å². The van der Waals surface area contributed by atoms with Crippen molar-refractivity contribution in [3.63, 3.8) is 0 Å². The molecule has 0 atom stereocenters. The molecule has 14 rings (SSSR count). The van der Waals surface area contributed by atoms with Gasteiger partial charge >= 0.3 is 0 Å². The van der Waals surface area contributed by atoms with Crippen molar-refractivity contribution in [1.82, 2.24) is 0 Å². The maximum atomic E-state index is 6.72. The van der Waals surface area contributed by atoms with Crippen LogP contribution in [0.25, 0.3) is 98.8 Å². The van der Waals surface area contributed by atoms with Gasteiger partial charge in [0.1, 0.15) is 22.3 Å². The van der Waals surface area contributed by atoms with Gasteiger partial charge in [-0.05, 0) is 134 Å². The molecular formula is C68H44N2O2. The molecule has 0 aliphatic carbocycles. The van der Waals surface area contributed by atoms with Gasteiger partial charge < -0.3 is 18.6 Å². The molecule has 0 radical (unpaired) electrons. The first-order valence-electron chi connectivity index (χ1n) is 24.5. The Hall–Kier alpha value is -9.64. The molecule has 0 unspecified atom stereocenters. The van der Waals surface area contributed by atoms with Gasteiger partial charge in [0.2, 0.25) is 0 Å². The highest BCUT2D eigenvalue weighted by atomic mass is 16.3. The van der Waals surface area contributed by atoms with E-state index in [1.807, 2.05) is 12.1 Å². The van der Waals surface area contributed by atoms with E-state index >= 15 is 0 Å². The van der Waals surface area contributed by atoms with Crippen LogP contribution in [0.5, 0.6) is 0 Å². The minimum absolute atomic E-state index is 0.839. The highest BCUT2D eigenvalue weighted by molar-refractivity contribution is 6.19. The fourth-order valence-corrected chi connectivity index (χ4v) is 10.8. The summed E-state index contributed by atoms with van der Waals surface area (Å²) in [4.78, 5) is 4.71. The van der Waals surface area contributed by atoms with E-state index in [2.05, 4.69) is 265 Å². The number of furan rings is 2. The van der Waals surface area contributed by atoms with Crippen molar-refractivity contribution < 1.29 is 8.83 Å². The van der Waals surface area contributed by atoms with Crippen LogP contribution in [0.3, 0.4) is 0 Å². The van der Waals surface area contributed by atoms with Crippen molar-refractivity contribution in [1.29, 1.82) is 0 Å². The van der Waals surface area contributed by atoms with Gasteiger partial charge in [-0.15, -0.1) is 0 Å². The minimum atomic E-state index is 0.839. The van der Waals surface area contributed by atoms with Crippen LogP contribution in [0.4, 0.5) is 34.1 Å². The fourth-order valence-electron chi connectivity index (χ4n) is 10.8. The third-order valence-electron chi connectivity index (χ3n) is 14.2. The second-order valence-electron chi connectivity index (χ2n) is 18.5. The number of hydrogen-bond acceptors (Lipinski definition) is 4. The van der Waals surface area contributed by atoms with Crippen LogP contribution in [-0.4, -0.2) is 0 Å². The maximum absolute atomic E-state index is 6.72. The number of hydrogen-bond donors (Lipinski definition) is 0. The first kappa shape index (κ1) is 41.3. The first-order valence-corrected chi connectivity index (χ1v) is 24.5. The Kier molecular flexibility index (Phi) is 9.82. The predicted molar refractivity (Wildman–Crippen MR) is 302 cm³/mol. The summed E-state index contributed by atoms with van der Waals surface area (Å²) in [5.41, 5.74) is 16.3. The lowest BCUT2D eigenvalue weighted by Gasteiger charge is -2.29. The Bertz CT molecular complexity index is 4360. The van der Waals surface area contributed by atoms with Gasteiger partial charge in [-0.25, -0.2) is 0 Å². The average molecular weight is 921 g/mol. The molecule has 0 N–H and O–H groups in total. The molecule has 338 valence electrons. The lowest BCUT2D eigenvalue weighted by atomic mass is 9.99. The molecule has 72 heavy (non-hydrogen) atoms. The number of fused-ring (bicyclic) bond motifs is 9. The normalized spacial score (nSPS) is 11.6. The van der Waals surface area contributed by atoms with Gasteiger partial charge in [-0.1, -0.05) is 170 Å². The zero-order valence-corrected chi connectivity index (χ0v) is 39.1. The Balaban J connectivity index is 0.926. The maximum Gasteiger partial charge on any atom is 0.137 e. The second kappa shape index (κ2) is 17.1. The number of para-hydroxylation sites is 2. The van der Waals surface area contributed by atoms with Crippen LogP contribution in [0.2, 0.25) is 0 Å². The summed E-state index contributed by atoms with van der Waals surface area (Å²) in [5.74, 6) is 0. The lowest BCUT2D eigenvalue weighted by molar-refractivity contribution is 0.668. The van der Waals surface area contributed by atoms with Crippen molar-refractivity contribution in [2.24, 2.45) is 0 Å². The quantitative estimate of drug-likeness (QED) is 0.144. The van der Waals surface area contributed by atoms with E-state index in [1.165, 1.54) is 27.1 Å². The molecule has 0 saturated carbocycles. The van der Waals surface area contributed by atoms with Gasteiger partial charge in [0.15, 0.2) is 0 Å². The summed E-state index contributed by atoms with van der Waals surface area (Å²) in [7, 11) is 0. The third kappa shape index (κ3) is 7.16. The van der Waals surface area contributed by atoms with Gasteiger partial charge in [-0.2, -0.15) is 0 Å². The largest absolute Gasteiger partial charge is 0.456 e. The fraction of sp³-hybridized carbons (Fsp3) is 0. The number of anilines is 6. The molecule has 0 spiro atoms. The molecule has 0 aliphatic heterocycles. The molecule has 2 aromatic heterocycles. The first-order chi connectivity index (χ1) is 35.7. The van der Waals surface area contributed by atoms with Crippen LogP contribution in [0.15, 0.2) is 276 Å². The van der Waals surface area contributed by atoms with Crippen LogP contribution in [-0.2, 0) is 0 Å². The summed E-state index contributed by atoms with van der Waals surface area (Å²) in [5, 5.41) is 9.26. The van der Waals surface area contributed by atoms with Gasteiger partial charge in [0.05, 0.1) is 5.69 Å². The van der Waals surface area contributed by atoms with E-state index in [0.717, 1.165) is 106 Å². The minimum Gasteiger partial charge on any atom is -0.456 e. The monoisotopic (exact) mass is 920 g/mol. The van der Waals surface area contributed by atoms with Crippen LogP contribution >= 0.6 is 0 Å². The zero-order chi connectivity index (χ0) is 47.5. The van der Waals surface area contributed by atoms with Crippen molar-refractivity contribution in [2.45, 2.75) is 0 Å². The third-order valence-corrected chi connectivity index (χ3v) is 14.2. The summed E-state index contributed by atoms with van der Waals surface area (Å²) >= 11 is 0. The number of rotatable bonds is 9. The topological polar surface area (TPSA) is 32.8 Å². The highest BCUT2D eigenvalue weighted by Gasteiger charge is 2.22.